The number of hydrogen-bond donors (Lipinski definition) is 10. The number of hydrogen-bond acceptors (Lipinski definition) is 11. The molecule has 2 fully saturated rings. The molecule has 7 amide bonds. The zero-order valence-corrected chi connectivity index (χ0v) is 33.8. The molecule has 0 aliphatic carbocycles. The molecule has 19 nitrogen and oxygen atoms in total. The number of aromatic hydroxyl groups is 1. The van der Waals surface area contributed by atoms with Gasteiger partial charge in [0.1, 0.15) is 42.0 Å². The number of carboxylic acid groups (broad SMARTS) is 1. The third-order valence-corrected chi connectivity index (χ3v) is 10.3. The van der Waals surface area contributed by atoms with E-state index in [-0.39, 0.29) is 43.4 Å². The third-order valence-electron chi connectivity index (χ3n) is 10.3. The van der Waals surface area contributed by atoms with Crippen molar-refractivity contribution in [2.45, 2.75) is 128 Å². The fourth-order valence-corrected chi connectivity index (χ4v) is 7.01. The van der Waals surface area contributed by atoms with Gasteiger partial charge in [-0.15, -0.1) is 0 Å². The van der Waals surface area contributed by atoms with Crippen molar-refractivity contribution >= 4 is 47.3 Å². The minimum Gasteiger partial charge on any atom is -0.508 e. The number of nitrogens with one attached hydrogen (secondary N) is 6. The van der Waals surface area contributed by atoms with Crippen molar-refractivity contribution in [1.82, 2.24) is 36.8 Å². The lowest BCUT2D eigenvalue weighted by molar-refractivity contribution is -0.146. The maximum absolute atomic E-state index is 14.2. The molecule has 322 valence electrons. The first-order valence-electron chi connectivity index (χ1n) is 20.0. The van der Waals surface area contributed by atoms with Crippen molar-refractivity contribution in [2.75, 3.05) is 19.6 Å². The normalized spacial score (nSPS) is 19.1. The van der Waals surface area contributed by atoms with Crippen LogP contribution in [-0.4, -0.2) is 124 Å². The highest BCUT2D eigenvalue weighted by atomic mass is 16.4. The van der Waals surface area contributed by atoms with Gasteiger partial charge in [-0.2, -0.15) is 0 Å². The lowest BCUT2D eigenvalue weighted by Crippen LogP contribution is -2.61. The number of phenolic OH excluding ortho intramolecular Hbond substituents is 1. The summed E-state index contributed by atoms with van der Waals surface area (Å²) >= 11 is 0. The van der Waals surface area contributed by atoms with Crippen LogP contribution in [0, 0.1) is 11.8 Å². The van der Waals surface area contributed by atoms with Gasteiger partial charge in [0.25, 0.3) is 0 Å². The quantitative estimate of drug-likeness (QED) is 0.0599. The van der Waals surface area contributed by atoms with Gasteiger partial charge in [0, 0.05) is 13.0 Å². The van der Waals surface area contributed by atoms with Crippen LogP contribution in [0.15, 0.2) is 24.3 Å². The Labute approximate surface area is 338 Å². The van der Waals surface area contributed by atoms with Crippen LogP contribution in [0.2, 0.25) is 0 Å². The predicted octanol–water partition coefficient (Wildman–Crippen LogP) is -1.50. The number of nitrogens with zero attached hydrogens (tertiary/aromatic N) is 1. The molecule has 12 N–H and O–H groups in total. The summed E-state index contributed by atoms with van der Waals surface area (Å²) in [6.07, 6.45) is 2.53. The van der Waals surface area contributed by atoms with Crippen molar-refractivity contribution in [3.05, 3.63) is 29.8 Å². The van der Waals surface area contributed by atoms with Crippen LogP contribution in [0.5, 0.6) is 5.75 Å². The van der Waals surface area contributed by atoms with Crippen LogP contribution in [0.4, 0.5) is 0 Å². The van der Waals surface area contributed by atoms with Crippen molar-refractivity contribution in [1.29, 1.82) is 0 Å². The Hall–Kier alpha value is -5.30. The monoisotopic (exact) mass is 815 g/mol. The topological polar surface area (TPSA) is 304 Å². The Balaban J connectivity index is 1.84. The second-order valence-corrected chi connectivity index (χ2v) is 15.6. The second-order valence-electron chi connectivity index (χ2n) is 15.6. The van der Waals surface area contributed by atoms with Crippen molar-refractivity contribution in [2.24, 2.45) is 23.3 Å². The van der Waals surface area contributed by atoms with Gasteiger partial charge in [0.15, 0.2) is 0 Å². The van der Waals surface area contributed by atoms with Gasteiger partial charge in [-0.05, 0) is 87.6 Å². The Morgan fingerprint density at radius 2 is 1.40 bits per heavy atom. The number of carbonyl (C=O) groups is 8. The Kier molecular flexibility index (Phi) is 18.3. The van der Waals surface area contributed by atoms with E-state index in [2.05, 4.69) is 31.9 Å². The number of rotatable bonds is 22. The molecule has 7 atom stereocenters. The predicted molar refractivity (Wildman–Crippen MR) is 211 cm³/mol. The molecule has 0 bridgehead atoms. The van der Waals surface area contributed by atoms with E-state index in [1.807, 2.05) is 0 Å². The SMILES string of the molecule is CC(C)[C@H](NC(=O)[C@@H]1CCCN1)C(=O)N[C@@H](CCCCN)C(=O)N[C@H](C(=O)N[C@@H](Cc1ccc(O)cc1)C(=O)N1CCC[C@H]1C(=O)N[C@@H](CC(N)=O)C(=O)O)C(C)C. The van der Waals surface area contributed by atoms with Gasteiger partial charge in [0.05, 0.1) is 12.5 Å². The fourth-order valence-electron chi connectivity index (χ4n) is 7.01. The smallest absolute Gasteiger partial charge is 0.326 e. The summed E-state index contributed by atoms with van der Waals surface area (Å²) in [5, 5.41) is 35.9. The van der Waals surface area contributed by atoms with E-state index >= 15 is 0 Å². The molecule has 2 aliphatic heterocycles. The third kappa shape index (κ3) is 14.0. The molecule has 0 spiro atoms. The van der Waals surface area contributed by atoms with Gasteiger partial charge in [-0.3, -0.25) is 33.6 Å². The number of carbonyl (C=O) groups excluding carboxylic acids is 7. The number of carboxylic acids is 1. The number of unbranched alkanes of at least 4 members (excludes halogenated alkanes) is 1. The molecular weight excluding hydrogens is 754 g/mol. The van der Waals surface area contributed by atoms with Crippen LogP contribution in [-0.2, 0) is 44.8 Å². The molecule has 58 heavy (non-hydrogen) atoms. The summed E-state index contributed by atoms with van der Waals surface area (Å²) < 4.78 is 0. The van der Waals surface area contributed by atoms with E-state index in [0.29, 0.717) is 44.3 Å². The molecule has 19 heteroatoms. The van der Waals surface area contributed by atoms with Crippen LogP contribution in [0.25, 0.3) is 0 Å². The van der Waals surface area contributed by atoms with Crippen LogP contribution in [0.1, 0.15) is 84.6 Å². The molecule has 1 aromatic carbocycles. The molecule has 2 aliphatic rings. The lowest BCUT2D eigenvalue weighted by atomic mass is 9.99. The van der Waals surface area contributed by atoms with E-state index in [1.165, 1.54) is 17.0 Å². The van der Waals surface area contributed by atoms with Gasteiger partial charge in [0.2, 0.25) is 41.4 Å². The van der Waals surface area contributed by atoms with Gasteiger partial charge in [-0.1, -0.05) is 39.8 Å². The molecule has 3 rings (SSSR count). The largest absolute Gasteiger partial charge is 0.508 e. The number of nitrogens with two attached hydrogens (primary N) is 2. The first-order chi connectivity index (χ1) is 27.4. The number of aliphatic carboxylic acids is 1. The minimum atomic E-state index is -1.61. The van der Waals surface area contributed by atoms with Crippen LogP contribution < -0.4 is 43.4 Å². The number of primary amides is 1. The van der Waals surface area contributed by atoms with E-state index in [9.17, 15) is 48.6 Å². The maximum Gasteiger partial charge on any atom is 0.326 e. The Morgan fingerprint density at radius 3 is 1.95 bits per heavy atom. The van der Waals surface area contributed by atoms with Crippen molar-refractivity contribution in [3.63, 3.8) is 0 Å². The highest BCUT2D eigenvalue weighted by Gasteiger charge is 2.40. The number of phenols is 1. The van der Waals surface area contributed by atoms with Gasteiger partial charge < -0.3 is 58.5 Å². The standard InChI is InChI=1S/C39H61N9O10/c1-21(2)31(46-33(51)25-10-7-17-42-25)36(54)43-26(9-5-6-16-40)34(52)47-32(22(3)4)37(55)44-27(19-23-12-14-24(49)15-13-23)38(56)48-18-8-11-29(48)35(53)45-28(39(57)58)20-30(41)50/h12-15,21-22,25-29,31-32,42,49H,5-11,16-20,40H2,1-4H3,(H2,41,50)(H,43,54)(H,44,55)(H,45,53)(H,46,51)(H,47,52)(H,57,58)/t25-,26-,27-,28-,29-,31-,32-/m0/s1. The lowest BCUT2D eigenvalue weighted by Gasteiger charge is -2.31. The minimum absolute atomic E-state index is 0.0282. The second kappa shape index (κ2) is 22.6. The fraction of sp³-hybridized carbons (Fsp3) is 0.641. The molecule has 0 aromatic heterocycles. The highest BCUT2D eigenvalue weighted by molar-refractivity contribution is 5.97. The maximum atomic E-state index is 14.2. The highest BCUT2D eigenvalue weighted by Crippen LogP contribution is 2.21. The molecule has 2 heterocycles. The summed E-state index contributed by atoms with van der Waals surface area (Å²) in [6.45, 7) is 8.09. The van der Waals surface area contributed by atoms with Gasteiger partial charge in [-0.25, -0.2) is 4.79 Å². The average Bonchev–Trinajstić information content (AvgIpc) is 3.89. The Morgan fingerprint density at radius 1 is 0.776 bits per heavy atom. The average molecular weight is 816 g/mol. The molecule has 2 saturated heterocycles. The van der Waals surface area contributed by atoms with E-state index in [1.54, 1.807) is 39.8 Å². The Bertz CT molecular complexity index is 1620. The number of likely N-dealkylation sites (tertiary alicyclic amines) is 1. The van der Waals surface area contributed by atoms with Crippen LogP contribution >= 0.6 is 0 Å². The molecular formula is C39H61N9O10. The van der Waals surface area contributed by atoms with Crippen molar-refractivity contribution < 1.29 is 48.6 Å². The zero-order chi connectivity index (χ0) is 43.1. The first kappa shape index (κ1) is 47.1. The number of amides is 7. The molecule has 1 aromatic rings. The molecule has 0 saturated carbocycles. The van der Waals surface area contributed by atoms with E-state index in [4.69, 9.17) is 11.5 Å². The van der Waals surface area contributed by atoms with Gasteiger partial charge >= 0.3 is 5.97 Å². The molecule has 0 unspecified atom stereocenters. The zero-order valence-electron chi connectivity index (χ0n) is 33.8. The summed E-state index contributed by atoms with van der Waals surface area (Å²) in [7, 11) is 0. The van der Waals surface area contributed by atoms with Crippen LogP contribution in [0.3, 0.4) is 0 Å². The first-order valence-corrected chi connectivity index (χ1v) is 20.0. The summed E-state index contributed by atoms with van der Waals surface area (Å²) in [5.74, 6) is -7.00. The summed E-state index contributed by atoms with van der Waals surface area (Å²) in [5.41, 5.74) is 11.4. The summed E-state index contributed by atoms with van der Waals surface area (Å²) in [4.78, 5) is 107. The van der Waals surface area contributed by atoms with E-state index in [0.717, 1.165) is 6.42 Å². The molecule has 0 radical (unpaired) electrons. The number of benzene rings is 1. The summed E-state index contributed by atoms with van der Waals surface area (Å²) in [6, 6.07) is -1.73. The van der Waals surface area contributed by atoms with E-state index < -0.39 is 96.0 Å². The van der Waals surface area contributed by atoms with Crippen molar-refractivity contribution in [3.8, 4) is 5.75 Å².